The van der Waals surface area contributed by atoms with E-state index in [0.29, 0.717) is 21.7 Å². The van der Waals surface area contributed by atoms with Crippen LogP contribution in [-0.2, 0) is 35.3 Å². The first kappa shape index (κ1) is 41.9. The number of aromatic amines is 1. The fourth-order valence-corrected chi connectivity index (χ4v) is 8.48. The van der Waals surface area contributed by atoms with Crippen LogP contribution in [0.5, 0.6) is 0 Å². The number of rotatable bonds is 16. The van der Waals surface area contributed by atoms with Gasteiger partial charge in [0.1, 0.15) is 41.1 Å². The number of carbonyl (C=O) groups is 7. The number of benzene rings is 2. The summed E-state index contributed by atoms with van der Waals surface area (Å²) < 4.78 is 1.01. The number of aliphatic carboxylic acids is 2. The number of imide groups is 1. The minimum absolute atomic E-state index is 0.00816. The van der Waals surface area contributed by atoms with Gasteiger partial charge < -0.3 is 37.7 Å². The number of primary amides is 1. The Morgan fingerprint density at radius 2 is 1.75 bits per heavy atom. The van der Waals surface area contributed by atoms with Gasteiger partial charge in [0.05, 0.1) is 6.04 Å². The van der Waals surface area contributed by atoms with Gasteiger partial charge in [-0.25, -0.2) is 14.5 Å². The lowest BCUT2D eigenvalue weighted by molar-refractivity contribution is -0.157. The maximum absolute atomic E-state index is 14.3. The third-order valence-electron chi connectivity index (χ3n) is 9.03. The van der Waals surface area contributed by atoms with Crippen molar-refractivity contribution >= 4 is 70.7 Å². The van der Waals surface area contributed by atoms with E-state index in [2.05, 4.69) is 30.8 Å². The number of hydrogen-bond acceptors (Lipinski definition) is 16. The lowest BCUT2D eigenvalue weighted by atomic mass is 9.98. The van der Waals surface area contributed by atoms with Crippen LogP contribution in [0.1, 0.15) is 34.8 Å². The van der Waals surface area contributed by atoms with Gasteiger partial charge in [-0.3, -0.25) is 43.4 Å². The van der Waals surface area contributed by atoms with Gasteiger partial charge in [-0.15, -0.1) is 16.9 Å². The Morgan fingerprint density at radius 3 is 2.39 bits per heavy atom. The standard InChI is InChI=1S/C35H34N12O10S2/c36-21(10-11-22(37)48)29(52)40-19-8-6-17(7-9-19)27-39-12-20(28(51)41-27)30(53)46(31(54)24(38)16-4-2-1-3-5-16)26-32(55)47-25(34(56)57)18(14-58-33(26)47)15-59-35-42-43-44-45(35)13-23(49)50/h1-9,12,21,24,26,33H,10-11,13-15,36,38H2,(H2,37,48)(H,40,52)(H,49,50)(H,56,57)(H,39,41,51)/t21-,24?,26?,33-/m0/s1. The Labute approximate surface area is 340 Å². The molecule has 4 atom stereocenters. The number of amides is 5. The number of nitrogens with one attached hydrogen (secondary N) is 2. The first-order valence-corrected chi connectivity index (χ1v) is 19.4. The van der Waals surface area contributed by atoms with Crippen molar-refractivity contribution in [1.82, 2.24) is 40.0 Å². The molecule has 1 fully saturated rings. The summed E-state index contributed by atoms with van der Waals surface area (Å²) in [6.45, 7) is -0.542. The van der Waals surface area contributed by atoms with Gasteiger partial charge in [0, 0.05) is 35.4 Å². The minimum Gasteiger partial charge on any atom is -0.480 e. The van der Waals surface area contributed by atoms with E-state index in [1.807, 2.05) is 0 Å². The lowest BCUT2D eigenvalue weighted by Gasteiger charge is -2.52. The number of hydrogen-bond donors (Lipinski definition) is 7. The molecular weight excluding hydrogens is 813 g/mol. The number of carbonyl (C=O) groups excluding carboxylic acids is 5. The highest BCUT2D eigenvalue weighted by molar-refractivity contribution is 8.01. The highest BCUT2D eigenvalue weighted by atomic mass is 32.2. The molecule has 2 aliphatic heterocycles. The predicted octanol–water partition coefficient (Wildman–Crippen LogP) is -0.877. The highest BCUT2D eigenvalue weighted by Gasteiger charge is 2.59. The van der Waals surface area contributed by atoms with Gasteiger partial charge in [-0.05, 0) is 52.2 Å². The molecule has 1 saturated heterocycles. The highest BCUT2D eigenvalue weighted by Crippen LogP contribution is 2.44. The van der Waals surface area contributed by atoms with Crippen LogP contribution < -0.4 is 28.1 Å². The second-order valence-corrected chi connectivity index (χ2v) is 15.0. The van der Waals surface area contributed by atoms with Crippen LogP contribution >= 0.6 is 23.5 Å². The zero-order chi connectivity index (χ0) is 42.5. The van der Waals surface area contributed by atoms with Crippen molar-refractivity contribution in [3.05, 3.63) is 93.5 Å². The molecule has 59 heavy (non-hydrogen) atoms. The van der Waals surface area contributed by atoms with E-state index in [1.165, 1.54) is 36.4 Å². The number of tetrazole rings is 1. The largest absolute Gasteiger partial charge is 0.480 e. The molecule has 306 valence electrons. The fourth-order valence-electron chi connectivity index (χ4n) is 6.07. The molecule has 2 unspecified atom stereocenters. The van der Waals surface area contributed by atoms with E-state index in [-0.39, 0.29) is 40.9 Å². The summed E-state index contributed by atoms with van der Waals surface area (Å²) in [5, 5.41) is 31.9. The van der Waals surface area contributed by atoms with Crippen LogP contribution in [0.25, 0.3) is 11.4 Å². The third-order valence-corrected chi connectivity index (χ3v) is 11.4. The maximum atomic E-state index is 14.3. The molecule has 22 nitrogen and oxygen atoms in total. The SMILES string of the molecule is NC(=O)CC[C@H](N)C(=O)Nc1ccc(-c2ncc(C(=O)N(C(=O)C(N)c3ccccc3)C3C(=O)N4C(C(=O)O)=C(CSc5nnnn5CC(=O)O)CS[C@@H]34)c(=O)[nH]2)cc1. The molecular formula is C35H34N12O10S2. The van der Waals surface area contributed by atoms with E-state index in [1.54, 1.807) is 18.2 Å². The van der Waals surface area contributed by atoms with Gasteiger partial charge in [0.15, 0.2) is 0 Å². The zero-order valence-electron chi connectivity index (χ0n) is 30.5. The number of carboxylic acid groups (broad SMARTS) is 2. The topological polar surface area (TPSA) is 346 Å². The second kappa shape index (κ2) is 17.8. The number of aromatic nitrogens is 6. The van der Waals surface area contributed by atoms with Gasteiger partial charge in [0.25, 0.3) is 23.3 Å². The van der Waals surface area contributed by atoms with E-state index in [0.717, 1.165) is 39.3 Å². The Hall–Kier alpha value is -6.76. The predicted molar refractivity (Wildman–Crippen MR) is 208 cm³/mol. The van der Waals surface area contributed by atoms with Crippen molar-refractivity contribution < 1.29 is 43.8 Å². The quantitative estimate of drug-likeness (QED) is 0.0532. The molecule has 24 heteroatoms. The molecule has 10 N–H and O–H groups in total. The molecule has 4 heterocycles. The first-order chi connectivity index (χ1) is 28.2. The first-order valence-electron chi connectivity index (χ1n) is 17.4. The van der Waals surface area contributed by atoms with Crippen LogP contribution in [0.2, 0.25) is 0 Å². The lowest BCUT2D eigenvalue weighted by Crippen LogP contribution is -2.73. The molecule has 2 aromatic carbocycles. The summed E-state index contributed by atoms with van der Waals surface area (Å²) in [5.74, 6) is -7.02. The molecule has 2 aromatic heterocycles. The molecule has 2 aliphatic rings. The van der Waals surface area contributed by atoms with E-state index in [4.69, 9.17) is 22.3 Å². The summed E-state index contributed by atoms with van der Waals surface area (Å²) in [5.41, 5.74) is 16.6. The van der Waals surface area contributed by atoms with E-state index < -0.39 is 88.3 Å². The summed E-state index contributed by atoms with van der Waals surface area (Å²) in [6, 6.07) is 9.97. The van der Waals surface area contributed by atoms with Crippen LogP contribution in [0.3, 0.4) is 0 Å². The number of nitrogens with zero attached hydrogens (tertiary/aromatic N) is 7. The van der Waals surface area contributed by atoms with Gasteiger partial charge in [-0.2, -0.15) is 0 Å². The van der Waals surface area contributed by atoms with Crippen LogP contribution in [0, 0.1) is 0 Å². The average molecular weight is 847 g/mol. The number of β-lactam (4-membered cyclic amide) rings is 1. The van der Waals surface area contributed by atoms with Crippen molar-refractivity contribution in [1.29, 1.82) is 0 Å². The number of fused-ring (bicyclic) bond motifs is 1. The molecule has 6 rings (SSSR count). The smallest absolute Gasteiger partial charge is 0.352 e. The number of H-pyrrole nitrogens is 1. The van der Waals surface area contributed by atoms with Gasteiger partial charge >= 0.3 is 11.9 Å². The van der Waals surface area contributed by atoms with Crippen molar-refractivity contribution in [3.8, 4) is 11.4 Å². The normalized spacial score (nSPS) is 17.0. The Morgan fingerprint density at radius 1 is 1.03 bits per heavy atom. The van der Waals surface area contributed by atoms with Crippen LogP contribution in [0.15, 0.2) is 82.0 Å². The van der Waals surface area contributed by atoms with Gasteiger partial charge in [-0.1, -0.05) is 42.1 Å². The molecule has 0 saturated carbocycles. The summed E-state index contributed by atoms with van der Waals surface area (Å²) in [7, 11) is 0. The zero-order valence-corrected chi connectivity index (χ0v) is 32.1. The summed E-state index contributed by atoms with van der Waals surface area (Å²) in [6.07, 6.45) is 0.913. The Bertz CT molecular complexity index is 2420. The van der Waals surface area contributed by atoms with Crippen molar-refractivity contribution in [3.63, 3.8) is 0 Å². The van der Waals surface area contributed by atoms with Gasteiger partial charge in [0.2, 0.25) is 17.0 Å². The number of anilines is 1. The molecule has 0 spiro atoms. The monoisotopic (exact) mass is 846 g/mol. The summed E-state index contributed by atoms with van der Waals surface area (Å²) >= 11 is 2.01. The molecule has 0 bridgehead atoms. The molecule has 5 amide bonds. The van der Waals surface area contributed by atoms with Crippen molar-refractivity contribution in [2.45, 2.75) is 48.0 Å². The molecule has 0 aliphatic carbocycles. The maximum Gasteiger partial charge on any atom is 0.352 e. The van der Waals surface area contributed by atoms with Crippen molar-refractivity contribution in [2.75, 3.05) is 16.8 Å². The Kier molecular flexibility index (Phi) is 12.6. The van der Waals surface area contributed by atoms with E-state index >= 15 is 0 Å². The van der Waals surface area contributed by atoms with Crippen LogP contribution in [-0.4, -0.2) is 121 Å². The molecule has 0 radical (unpaired) electrons. The Balaban J connectivity index is 1.25. The van der Waals surface area contributed by atoms with Crippen LogP contribution in [0.4, 0.5) is 5.69 Å². The minimum atomic E-state index is -1.58. The summed E-state index contributed by atoms with van der Waals surface area (Å²) in [4.78, 5) is 111. The third kappa shape index (κ3) is 9.04. The van der Waals surface area contributed by atoms with E-state index in [9.17, 15) is 43.5 Å². The molecule has 4 aromatic rings. The number of thioether (sulfide) groups is 2. The fraction of sp³-hybridized carbons (Fsp3) is 0.257. The van der Waals surface area contributed by atoms with Crippen molar-refractivity contribution in [2.24, 2.45) is 17.2 Å². The number of nitrogens with two attached hydrogens (primary N) is 3. The second-order valence-electron chi connectivity index (χ2n) is 13.0. The average Bonchev–Trinajstić information content (AvgIpc) is 3.66. The number of carboxylic acids is 2.